The number of hydrogen-bond donors (Lipinski definition) is 3. The molecule has 0 bridgehead atoms. The molecule has 18 heavy (non-hydrogen) atoms. The molecule has 1 rings (SSSR count). The molecular formula is C10H15ClFN5O. The minimum Gasteiger partial charge on any atom is -0.482 e. The maximum Gasteiger partial charge on any atom is 0.255 e. The van der Waals surface area contributed by atoms with Gasteiger partial charge in [0.05, 0.1) is 24.5 Å². The second-order valence-electron chi connectivity index (χ2n) is 3.58. The van der Waals surface area contributed by atoms with E-state index in [2.05, 4.69) is 5.10 Å². The minimum atomic E-state index is -0.750. The van der Waals surface area contributed by atoms with Crippen molar-refractivity contribution < 1.29 is 9.13 Å². The van der Waals surface area contributed by atoms with Crippen LogP contribution in [0.2, 0.25) is 0 Å². The first-order chi connectivity index (χ1) is 8.36. The highest BCUT2D eigenvalue weighted by Crippen LogP contribution is 2.23. The Morgan fingerprint density at radius 2 is 2.22 bits per heavy atom. The maximum absolute atomic E-state index is 13.1. The molecule has 100 valence electrons. The number of allylic oxidation sites excluding steroid dienone is 2. The van der Waals surface area contributed by atoms with Crippen molar-refractivity contribution in [1.29, 1.82) is 0 Å². The number of anilines is 1. The number of halogens is 2. The van der Waals surface area contributed by atoms with Gasteiger partial charge in [0.15, 0.2) is 5.88 Å². The van der Waals surface area contributed by atoms with Crippen LogP contribution >= 0.6 is 11.6 Å². The van der Waals surface area contributed by atoms with Gasteiger partial charge in [0.25, 0.3) is 5.95 Å². The van der Waals surface area contributed by atoms with Crippen LogP contribution in [0, 0.1) is 5.95 Å². The number of hydrogen-bond acceptors (Lipinski definition) is 5. The molecule has 6 nitrogen and oxygen atoms in total. The monoisotopic (exact) mass is 275 g/mol. The molecule has 0 aliphatic rings. The lowest BCUT2D eigenvalue weighted by molar-refractivity contribution is 0.278. The van der Waals surface area contributed by atoms with E-state index in [0.717, 1.165) is 0 Å². The van der Waals surface area contributed by atoms with Crippen LogP contribution in [0.25, 0.3) is 0 Å². The van der Waals surface area contributed by atoms with Crippen LogP contribution in [-0.4, -0.2) is 16.9 Å². The summed E-state index contributed by atoms with van der Waals surface area (Å²) in [7, 11) is 1.40. The summed E-state index contributed by atoms with van der Waals surface area (Å²) in [5, 5.41) is 3.65. The zero-order valence-corrected chi connectivity index (χ0v) is 10.8. The van der Waals surface area contributed by atoms with E-state index >= 15 is 0 Å². The van der Waals surface area contributed by atoms with Crippen molar-refractivity contribution >= 4 is 17.3 Å². The predicted molar refractivity (Wildman–Crippen MR) is 67.7 cm³/mol. The lowest BCUT2D eigenvalue weighted by atomic mass is 10.1. The number of ether oxygens (including phenoxy) is 1. The molecule has 1 heterocycles. The predicted octanol–water partition coefficient (Wildman–Crippen LogP) is 1.02. The average molecular weight is 276 g/mol. The van der Waals surface area contributed by atoms with Gasteiger partial charge in [-0.15, -0.1) is 5.10 Å². The fourth-order valence-electron chi connectivity index (χ4n) is 1.39. The molecule has 0 spiro atoms. The van der Waals surface area contributed by atoms with E-state index in [4.69, 9.17) is 33.5 Å². The molecule has 0 aromatic carbocycles. The molecule has 0 radical (unpaired) electrons. The minimum absolute atomic E-state index is 0.0254. The van der Waals surface area contributed by atoms with Gasteiger partial charge in [-0.25, -0.2) is 0 Å². The maximum atomic E-state index is 13.1. The van der Waals surface area contributed by atoms with Crippen LogP contribution in [0.4, 0.5) is 10.1 Å². The van der Waals surface area contributed by atoms with E-state index in [-0.39, 0.29) is 16.7 Å². The van der Waals surface area contributed by atoms with Crippen molar-refractivity contribution in [2.24, 2.45) is 11.5 Å². The van der Waals surface area contributed by atoms with Gasteiger partial charge < -0.3 is 21.9 Å². The van der Waals surface area contributed by atoms with Gasteiger partial charge in [0.2, 0.25) is 0 Å². The average Bonchev–Trinajstić information content (AvgIpc) is 2.64. The summed E-state index contributed by atoms with van der Waals surface area (Å²) in [5.41, 5.74) is 16.9. The van der Waals surface area contributed by atoms with Gasteiger partial charge in [-0.3, -0.25) is 4.68 Å². The summed E-state index contributed by atoms with van der Waals surface area (Å²) >= 11 is 5.61. The van der Waals surface area contributed by atoms with Gasteiger partial charge in [-0.2, -0.15) is 4.39 Å². The second-order valence-corrected chi connectivity index (χ2v) is 4.02. The number of nitrogens with two attached hydrogens (primary N) is 3. The molecular weight excluding hydrogens is 261 g/mol. The fraction of sp³-hybridized carbons (Fsp3) is 0.300. The van der Waals surface area contributed by atoms with E-state index in [1.807, 2.05) is 0 Å². The molecule has 0 fully saturated rings. The van der Waals surface area contributed by atoms with E-state index < -0.39 is 12.0 Å². The number of aromatic nitrogens is 2. The first-order valence-electron chi connectivity index (χ1n) is 5.03. The Hall–Kier alpha value is -1.89. The van der Waals surface area contributed by atoms with Crippen LogP contribution in [-0.2, 0) is 4.74 Å². The van der Waals surface area contributed by atoms with Gasteiger partial charge in [0.1, 0.15) is 5.69 Å². The first kappa shape index (κ1) is 14.2. The standard InChI is InChI=1S/C10H15ClFN5O/c1-5(17-4-7(13)9(12)16-17)6(3-8(11)14)10(15)18-2/h3-5H,13-15H2,1-2H3/b8-3-,10-6-/t5-/m0/s1. The number of rotatable bonds is 4. The summed E-state index contributed by atoms with van der Waals surface area (Å²) in [6, 6.07) is -0.436. The Morgan fingerprint density at radius 1 is 1.61 bits per heavy atom. The Balaban J connectivity index is 3.19. The van der Waals surface area contributed by atoms with E-state index in [0.29, 0.717) is 5.57 Å². The van der Waals surface area contributed by atoms with Crippen LogP contribution in [0.1, 0.15) is 13.0 Å². The summed E-state index contributed by atoms with van der Waals surface area (Å²) in [5.74, 6) is -0.638. The SMILES string of the molecule is CO/C(N)=C(/C=C(\N)Cl)[C@H](C)n1cc(N)c(F)n1. The topological polar surface area (TPSA) is 105 Å². The number of nitrogens with zero attached hydrogens (tertiary/aromatic N) is 2. The quantitative estimate of drug-likeness (QED) is 0.432. The number of nitrogen functional groups attached to an aromatic ring is 1. The number of methoxy groups -OCH3 is 1. The van der Waals surface area contributed by atoms with Crippen LogP contribution in [0.5, 0.6) is 0 Å². The van der Waals surface area contributed by atoms with Crippen LogP contribution in [0.15, 0.2) is 28.9 Å². The normalized spacial score (nSPS) is 15.2. The zero-order chi connectivity index (χ0) is 13.9. The molecule has 1 aromatic heterocycles. The first-order valence-corrected chi connectivity index (χ1v) is 5.41. The Bertz CT molecular complexity index is 473. The molecule has 0 amide bonds. The molecule has 0 aliphatic heterocycles. The highest BCUT2D eigenvalue weighted by Gasteiger charge is 2.17. The van der Waals surface area contributed by atoms with Crippen molar-refractivity contribution in [1.82, 2.24) is 9.78 Å². The highest BCUT2D eigenvalue weighted by atomic mass is 35.5. The molecule has 0 saturated carbocycles. The third kappa shape index (κ3) is 3.07. The molecule has 0 saturated heterocycles. The third-order valence-electron chi connectivity index (χ3n) is 2.36. The Morgan fingerprint density at radius 3 is 2.61 bits per heavy atom. The Labute approximate surface area is 109 Å². The fourth-order valence-corrected chi connectivity index (χ4v) is 1.51. The lowest BCUT2D eigenvalue weighted by Crippen LogP contribution is -2.15. The zero-order valence-electron chi connectivity index (χ0n) is 10.0. The molecule has 0 aliphatic carbocycles. The molecule has 1 aromatic rings. The lowest BCUT2D eigenvalue weighted by Gasteiger charge is -2.15. The molecule has 1 atom stereocenters. The van der Waals surface area contributed by atoms with Gasteiger partial charge in [0, 0.05) is 5.57 Å². The smallest absolute Gasteiger partial charge is 0.255 e. The van der Waals surface area contributed by atoms with Crippen molar-refractivity contribution in [3.8, 4) is 0 Å². The summed E-state index contributed by atoms with van der Waals surface area (Å²) < 4.78 is 19.3. The van der Waals surface area contributed by atoms with Crippen molar-refractivity contribution in [3.63, 3.8) is 0 Å². The molecule has 0 unspecified atom stereocenters. The summed E-state index contributed by atoms with van der Waals surface area (Å²) in [6.45, 7) is 1.73. The third-order valence-corrected chi connectivity index (χ3v) is 2.47. The second kappa shape index (κ2) is 5.63. The van der Waals surface area contributed by atoms with Crippen LogP contribution < -0.4 is 17.2 Å². The summed E-state index contributed by atoms with van der Waals surface area (Å²) in [4.78, 5) is 0. The van der Waals surface area contributed by atoms with Gasteiger partial charge >= 0.3 is 0 Å². The highest BCUT2D eigenvalue weighted by molar-refractivity contribution is 6.29. The van der Waals surface area contributed by atoms with Gasteiger partial charge in [-0.1, -0.05) is 11.6 Å². The Kier molecular flexibility index (Phi) is 4.43. The van der Waals surface area contributed by atoms with Crippen molar-refractivity contribution in [3.05, 3.63) is 34.8 Å². The largest absolute Gasteiger partial charge is 0.482 e. The van der Waals surface area contributed by atoms with Crippen molar-refractivity contribution in [2.75, 3.05) is 12.8 Å². The molecule has 6 N–H and O–H groups in total. The van der Waals surface area contributed by atoms with Crippen molar-refractivity contribution in [2.45, 2.75) is 13.0 Å². The van der Waals surface area contributed by atoms with E-state index in [9.17, 15) is 4.39 Å². The molecule has 8 heteroatoms. The summed E-state index contributed by atoms with van der Waals surface area (Å²) in [6.07, 6.45) is 2.77. The van der Waals surface area contributed by atoms with E-state index in [1.54, 1.807) is 6.92 Å². The van der Waals surface area contributed by atoms with E-state index in [1.165, 1.54) is 24.1 Å². The van der Waals surface area contributed by atoms with Gasteiger partial charge in [-0.05, 0) is 13.0 Å². The van der Waals surface area contributed by atoms with Crippen LogP contribution in [0.3, 0.4) is 0 Å².